The van der Waals surface area contributed by atoms with Gasteiger partial charge in [-0.3, -0.25) is 9.59 Å². The summed E-state index contributed by atoms with van der Waals surface area (Å²) in [5, 5.41) is 2.78. The molecule has 0 aliphatic carbocycles. The molecule has 5 nitrogen and oxygen atoms in total. The van der Waals surface area contributed by atoms with Crippen molar-refractivity contribution >= 4 is 27.2 Å². The van der Waals surface area contributed by atoms with E-state index in [0.29, 0.717) is 5.69 Å². The first-order valence-corrected chi connectivity index (χ1v) is 10.3. The number of hydrogen-bond donors (Lipinski definition) is 1. The van der Waals surface area contributed by atoms with Crippen LogP contribution in [-0.4, -0.2) is 20.1 Å². The molecule has 0 bridgehead atoms. The standard InChI is InChI=1S/C22H17NO4S/c1-2-14-6-5-7-16(12-14)23-22(25)15-10-11-18-20(13-15)28(26,27)19-9-4-3-8-17(19)21(18)24/h3-13H,2H2,1H3,(H,23,25). The fraction of sp³-hybridized carbons (Fsp3) is 0.0909. The summed E-state index contributed by atoms with van der Waals surface area (Å²) in [6, 6.07) is 17.7. The number of aryl methyl sites for hydroxylation is 1. The van der Waals surface area contributed by atoms with Crippen LogP contribution in [0.4, 0.5) is 5.69 Å². The van der Waals surface area contributed by atoms with Gasteiger partial charge in [-0.15, -0.1) is 0 Å². The molecule has 0 atom stereocenters. The Balaban J connectivity index is 1.74. The summed E-state index contributed by atoms with van der Waals surface area (Å²) >= 11 is 0. The van der Waals surface area contributed by atoms with Gasteiger partial charge in [-0.1, -0.05) is 31.2 Å². The minimum Gasteiger partial charge on any atom is -0.322 e. The predicted molar refractivity (Wildman–Crippen MR) is 106 cm³/mol. The van der Waals surface area contributed by atoms with Crippen LogP contribution in [0.1, 0.15) is 38.8 Å². The van der Waals surface area contributed by atoms with Crippen LogP contribution in [0.5, 0.6) is 0 Å². The van der Waals surface area contributed by atoms with Crippen molar-refractivity contribution in [3.63, 3.8) is 0 Å². The van der Waals surface area contributed by atoms with Crippen molar-refractivity contribution in [2.24, 2.45) is 0 Å². The van der Waals surface area contributed by atoms with E-state index in [1.165, 1.54) is 30.3 Å². The number of anilines is 1. The molecule has 0 radical (unpaired) electrons. The summed E-state index contributed by atoms with van der Waals surface area (Å²) in [7, 11) is -3.87. The first-order chi connectivity index (χ1) is 13.4. The molecule has 140 valence electrons. The average Bonchev–Trinajstić information content (AvgIpc) is 2.72. The van der Waals surface area contributed by atoms with Gasteiger partial charge in [0.2, 0.25) is 9.84 Å². The first kappa shape index (κ1) is 18.1. The third-order valence-corrected chi connectivity index (χ3v) is 6.64. The summed E-state index contributed by atoms with van der Waals surface area (Å²) < 4.78 is 25.9. The summed E-state index contributed by atoms with van der Waals surface area (Å²) in [4.78, 5) is 25.2. The SMILES string of the molecule is CCc1cccc(NC(=O)c2ccc3c(c2)S(=O)(=O)c2ccccc2C3=O)c1. The molecule has 0 spiro atoms. The second-order valence-corrected chi connectivity index (χ2v) is 8.43. The molecule has 4 rings (SSSR count). The number of hydrogen-bond acceptors (Lipinski definition) is 4. The van der Waals surface area contributed by atoms with Gasteiger partial charge in [0, 0.05) is 22.4 Å². The minimum absolute atomic E-state index is 0.0271. The van der Waals surface area contributed by atoms with Crippen LogP contribution >= 0.6 is 0 Å². The molecule has 0 aromatic heterocycles. The van der Waals surface area contributed by atoms with E-state index in [9.17, 15) is 18.0 Å². The highest BCUT2D eigenvalue weighted by atomic mass is 32.2. The summed E-state index contributed by atoms with van der Waals surface area (Å²) in [5.41, 5.74) is 2.13. The molecule has 28 heavy (non-hydrogen) atoms. The van der Waals surface area contributed by atoms with Gasteiger partial charge in [0.15, 0.2) is 5.78 Å². The lowest BCUT2D eigenvalue weighted by Crippen LogP contribution is -2.21. The first-order valence-electron chi connectivity index (χ1n) is 8.85. The Kier molecular flexibility index (Phi) is 4.35. The highest BCUT2D eigenvalue weighted by Crippen LogP contribution is 2.34. The van der Waals surface area contributed by atoms with E-state index < -0.39 is 15.7 Å². The van der Waals surface area contributed by atoms with Crippen molar-refractivity contribution in [3.8, 4) is 0 Å². The number of ketones is 1. The lowest BCUT2D eigenvalue weighted by atomic mass is 10.0. The number of rotatable bonds is 3. The number of nitrogens with one attached hydrogen (secondary N) is 1. The molecule has 6 heteroatoms. The van der Waals surface area contributed by atoms with Crippen LogP contribution in [0.15, 0.2) is 76.5 Å². The van der Waals surface area contributed by atoms with Crippen LogP contribution in [0.2, 0.25) is 0 Å². The third kappa shape index (κ3) is 2.92. The van der Waals surface area contributed by atoms with Gasteiger partial charge in [-0.25, -0.2) is 8.42 Å². The molecule has 0 unspecified atom stereocenters. The fourth-order valence-electron chi connectivity index (χ4n) is 3.30. The topological polar surface area (TPSA) is 80.3 Å². The van der Waals surface area contributed by atoms with Crippen LogP contribution in [0.3, 0.4) is 0 Å². The van der Waals surface area contributed by atoms with Crippen LogP contribution in [0, 0.1) is 0 Å². The zero-order valence-electron chi connectivity index (χ0n) is 15.1. The number of amides is 1. The fourth-order valence-corrected chi connectivity index (χ4v) is 4.98. The number of sulfone groups is 1. The zero-order chi connectivity index (χ0) is 19.9. The molecule has 0 saturated heterocycles. The molecule has 3 aromatic rings. The lowest BCUT2D eigenvalue weighted by molar-refractivity contribution is 0.101. The van der Waals surface area contributed by atoms with Crippen molar-refractivity contribution in [1.29, 1.82) is 0 Å². The molecule has 3 aromatic carbocycles. The quantitative estimate of drug-likeness (QED) is 0.575. The lowest BCUT2D eigenvalue weighted by Gasteiger charge is -2.19. The van der Waals surface area contributed by atoms with E-state index in [4.69, 9.17) is 0 Å². The largest absolute Gasteiger partial charge is 0.322 e. The van der Waals surface area contributed by atoms with E-state index >= 15 is 0 Å². The Bertz CT molecular complexity index is 1230. The van der Waals surface area contributed by atoms with Crippen molar-refractivity contribution in [3.05, 3.63) is 89.0 Å². The summed E-state index contributed by atoms with van der Waals surface area (Å²) in [6.45, 7) is 2.02. The van der Waals surface area contributed by atoms with Crippen molar-refractivity contribution in [1.82, 2.24) is 0 Å². The zero-order valence-corrected chi connectivity index (χ0v) is 15.9. The molecule has 1 aliphatic heterocycles. The van der Waals surface area contributed by atoms with Crippen molar-refractivity contribution in [2.45, 2.75) is 23.1 Å². The van der Waals surface area contributed by atoms with Gasteiger partial charge < -0.3 is 5.32 Å². The van der Waals surface area contributed by atoms with Crippen LogP contribution in [0.25, 0.3) is 0 Å². The Hall–Kier alpha value is -3.25. The van der Waals surface area contributed by atoms with E-state index in [0.717, 1.165) is 12.0 Å². The van der Waals surface area contributed by atoms with E-state index in [1.54, 1.807) is 18.2 Å². The van der Waals surface area contributed by atoms with Crippen molar-refractivity contribution in [2.75, 3.05) is 5.32 Å². The van der Waals surface area contributed by atoms with Crippen LogP contribution < -0.4 is 5.32 Å². The minimum atomic E-state index is -3.87. The van der Waals surface area contributed by atoms with E-state index in [2.05, 4.69) is 5.32 Å². The highest BCUT2D eigenvalue weighted by Gasteiger charge is 2.35. The Labute approximate surface area is 162 Å². The normalized spacial score (nSPS) is 14.1. The molecule has 0 fully saturated rings. The monoisotopic (exact) mass is 391 g/mol. The molecule has 1 heterocycles. The van der Waals surface area contributed by atoms with Gasteiger partial charge in [0.1, 0.15) is 0 Å². The number of carbonyl (C=O) groups excluding carboxylic acids is 2. The molecule has 1 N–H and O–H groups in total. The maximum Gasteiger partial charge on any atom is 0.255 e. The molecule has 1 aliphatic rings. The average molecular weight is 391 g/mol. The highest BCUT2D eigenvalue weighted by molar-refractivity contribution is 7.91. The summed E-state index contributed by atoms with van der Waals surface area (Å²) in [5.74, 6) is -0.791. The summed E-state index contributed by atoms with van der Waals surface area (Å²) in [6.07, 6.45) is 0.836. The molecule has 1 amide bonds. The van der Waals surface area contributed by atoms with Gasteiger partial charge in [0.25, 0.3) is 5.91 Å². The van der Waals surface area contributed by atoms with Crippen molar-refractivity contribution < 1.29 is 18.0 Å². The van der Waals surface area contributed by atoms with E-state index in [-0.39, 0.29) is 32.3 Å². The number of fused-ring (bicyclic) bond motifs is 2. The predicted octanol–water partition coefficient (Wildman–Crippen LogP) is 3.88. The van der Waals surface area contributed by atoms with Gasteiger partial charge in [0.05, 0.1) is 9.79 Å². The van der Waals surface area contributed by atoms with Crippen LogP contribution in [-0.2, 0) is 16.3 Å². The molecule has 0 saturated carbocycles. The Morgan fingerprint density at radius 1 is 0.893 bits per heavy atom. The van der Waals surface area contributed by atoms with E-state index in [1.807, 2.05) is 25.1 Å². The number of benzene rings is 3. The van der Waals surface area contributed by atoms with Gasteiger partial charge >= 0.3 is 0 Å². The maximum absolute atomic E-state index is 13.0. The second-order valence-electron chi connectivity index (χ2n) is 6.55. The Morgan fingerprint density at radius 2 is 1.64 bits per heavy atom. The molecular weight excluding hydrogens is 374 g/mol. The van der Waals surface area contributed by atoms with Gasteiger partial charge in [-0.05, 0) is 54.4 Å². The van der Waals surface area contributed by atoms with Gasteiger partial charge in [-0.2, -0.15) is 0 Å². The second kappa shape index (κ2) is 6.73. The maximum atomic E-state index is 13.0. The Morgan fingerprint density at radius 3 is 2.43 bits per heavy atom. The smallest absolute Gasteiger partial charge is 0.255 e. The third-order valence-electron chi connectivity index (χ3n) is 4.79. The number of carbonyl (C=O) groups is 2. The molecular formula is C22H17NO4S.